The van der Waals surface area contributed by atoms with Gasteiger partial charge in [-0.2, -0.15) is 4.98 Å². The average molecular weight is 229 g/mol. The molecule has 0 aliphatic heterocycles. The summed E-state index contributed by atoms with van der Waals surface area (Å²) in [6, 6.07) is 0.698. The van der Waals surface area contributed by atoms with E-state index in [9.17, 15) is 0 Å². The average Bonchev–Trinajstić information content (AvgIpc) is 2.31. The van der Waals surface area contributed by atoms with Crippen molar-refractivity contribution >= 4 is 22.5 Å². The molecule has 0 atom stereocenters. The summed E-state index contributed by atoms with van der Waals surface area (Å²) in [6.07, 6.45) is 1.47. The number of nitrogens with zero attached hydrogens (tertiary/aromatic N) is 3. The van der Waals surface area contributed by atoms with E-state index in [1.165, 1.54) is 6.33 Å². The molecule has 14 heavy (non-hydrogen) atoms. The van der Waals surface area contributed by atoms with Crippen LogP contribution in [0, 0.1) is 0 Å². The van der Waals surface area contributed by atoms with Crippen LogP contribution in [0.1, 0.15) is 0 Å². The Bertz CT molecular complexity index is 273. The summed E-state index contributed by atoms with van der Waals surface area (Å²) in [5.41, 5.74) is 0. The van der Waals surface area contributed by atoms with Crippen LogP contribution in [0.2, 0.25) is 39.3 Å². The Kier molecular flexibility index (Phi) is 2.87. The first-order valence-corrected chi connectivity index (χ1v) is 11.7. The molecule has 0 bridgehead atoms. The summed E-state index contributed by atoms with van der Waals surface area (Å²) in [5.74, 6) is 0. The SMILES string of the molecule is C[Si](C)(C)N(c1ncno1)[Si](C)(C)C. The Morgan fingerprint density at radius 2 is 1.57 bits per heavy atom. The molecule has 1 aromatic rings. The van der Waals surface area contributed by atoms with Gasteiger partial charge in [-0.05, 0) is 0 Å². The minimum atomic E-state index is -1.43. The second-order valence-corrected chi connectivity index (χ2v) is 15.4. The highest BCUT2D eigenvalue weighted by atomic mass is 28.4. The predicted molar refractivity (Wildman–Crippen MR) is 63.5 cm³/mol. The Labute approximate surface area is 87.5 Å². The number of aromatic nitrogens is 2. The molecule has 0 unspecified atom stereocenters. The first kappa shape index (κ1) is 11.4. The van der Waals surface area contributed by atoms with Crippen LogP contribution in [0.3, 0.4) is 0 Å². The van der Waals surface area contributed by atoms with E-state index in [-0.39, 0.29) is 0 Å². The van der Waals surface area contributed by atoms with Gasteiger partial charge in [0.2, 0.25) is 0 Å². The van der Waals surface area contributed by atoms with Crippen molar-refractivity contribution in [2.75, 3.05) is 4.23 Å². The summed E-state index contributed by atoms with van der Waals surface area (Å²) >= 11 is 0. The lowest BCUT2D eigenvalue weighted by molar-refractivity contribution is 0.428. The Hall–Kier alpha value is -0.626. The van der Waals surface area contributed by atoms with Gasteiger partial charge >= 0.3 is 6.01 Å². The van der Waals surface area contributed by atoms with Crippen LogP contribution >= 0.6 is 0 Å². The topological polar surface area (TPSA) is 42.2 Å². The van der Waals surface area contributed by atoms with Crippen LogP contribution in [-0.2, 0) is 0 Å². The van der Waals surface area contributed by atoms with Gasteiger partial charge in [0, 0.05) is 0 Å². The molecule has 0 radical (unpaired) electrons. The zero-order valence-corrected chi connectivity index (χ0v) is 11.8. The Morgan fingerprint density at radius 3 is 1.86 bits per heavy atom. The molecule has 0 saturated carbocycles. The summed E-state index contributed by atoms with van der Waals surface area (Å²) in [6.45, 7) is 13.8. The van der Waals surface area contributed by atoms with Crippen molar-refractivity contribution in [2.45, 2.75) is 39.3 Å². The van der Waals surface area contributed by atoms with E-state index in [2.05, 4.69) is 53.7 Å². The molecule has 0 aromatic carbocycles. The van der Waals surface area contributed by atoms with Crippen LogP contribution in [0.15, 0.2) is 10.9 Å². The van der Waals surface area contributed by atoms with E-state index in [1.807, 2.05) is 0 Å². The first-order valence-electron chi connectivity index (χ1n) is 4.80. The Morgan fingerprint density at radius 1 is 1.07 bits per heavy atom. The summed E-state index contributed by atoms with van der Waals surface area (Å²) in [7, 11) is -2.86. The lowest BCUT2D eigenvalue weighted by Gasteiger charge is -2.41. The number of hydrogen-bond acceptors (Lipinski definition) is 4. The standard InChI is InChI=1S/C8H19N3OSi2/c1-13(2,3)11(14(4,5)6)8-9-7-10-12-8/h7H,1-6H3. The predicted octanol–water partition coefficient (Wildman–Crippen LogP) is 2.55. The van der Waals surface area contributed by atoms with Gasteiger partial charge in [-0.3, -0.25) is 0 Å². The van der Waals surface area contributed by atoms with Gasteiger partial charge in [0.1, 0.15) is 16.5 Å². The van der Waals surface area contributed by atoms with E-state index in [0.717, 1.165) is 0 Å². The van der Waals surface area contributed by atoms with Crippen molar-refractivity contribution in [3.8, 4) is 0 Å². The summed E-state index contributed by atoms with van der Waals surface area (Å²) in [5, 5.41) is 3.69. The largest absolute Gasteiger partial charge is 0.378 e. The van der Waals surface area contributed by atoms with Crippen LogP contribution in [0.25, 0.3) is 0 Å². The minimum Gasteiger partial charge on any atom is -0.378 e. The molecule has 6 heteroatoms. The van der Waals surface area contributed by atoms with E-state index < -0.39 is 16.5 Å². The third-order valence-corrected chi connectivity index (χ3v) is 8.97. The third kappa shape index (κ3) is 2.45. The van der Waals surface area contributed by atoms with Crippen LogP contribution in [0.4, 0.5) is 6.01 Å². The van der Waals surface area contributed by atoms with Crippen LogP contribution < -0.4 is 4.23 Å². The maximum Gasteiger partial charge on any atom is 0.307 e. The van der Waals surface area contributed by atoms with E-state index in [4.69, 9.17) is 4.52 Å². The first-order chi connectivity index (χ1) is 6.23. The van der Waals surface area contributed by atoms with Crippen molar-refractivity contribution in [1.29, 1.82) is 0 Å². The molecule has 80 valence electrons. The van der Waals surface area contributed by atoms with Crippen LogP contribution in [-0.4, -0.2) is 26.6 Å². The molecular weight excluding hydrogens is 210 g/mol. The molecule has 0 aliphatic rings. The molecule has 0 aliphatic carbocycles. The summed E-state index contributed by atoms with van der Waals surface area (Å²) in [4.78, 5) is 4.17. The molecule has 1 heterocycles. The fraction of sp³-hybridized carbons (Fsp3) is 0.750. The number of rotatable bonds is 3. The van der Waals surface area contributed by atoms with E-state index >= 15 is 0 Å². The second-order valence-electron chi connectivity index (χ2n) is 5.40. The monoisotopic (exact) mass is 229 g/mol. The minimum absolute atomic E-state index is 0.698. The van der Waals surface area contributed by atoms with E-state index in [1.54, 1.807) is 0 Å². The van der Waals surface area contributed by atoms with Crippen molar-refractivity contribution < 1.29 is 4.52 Å². The smallest absolute Gasteiger partial charge is 0.307 e. The lowest BCUT2D eigenvalue weighted by atomic mass is 11.2. The van der Waals surface area contributed by atoms with Crippen molar-refractivity contribution in [3.05, 3.63) is 6.33 Å². The number of anilines is 1. The second kappa shape index (κ2) is 3.50. The van der Waals surface area contributed by atoms with Crippen molar-refractivity contribution in [3.63, 3.8) is 0 Å². The van der Waals surface area contributed by atoms with Gasteiger partial charge < -0.3 is 8.75 Å². The fourth-order valence-electron chi connectivity index (χ4n) is 1.85. The maximum absolute atomic E-state index is 5.18. The van der Waals surface area contributed by atoms with Gasteiger partial charge in [-0.15, -0.1) is 0 Å². The van der Waals surface area contributed by atoms with Crippen molar-refractivity contribution in [2.24, 2.45) is 0 Å². The molecule has 0 amide bonds. The van der Waals surface area contributed by atoms with Gasteiger partial charge in [0.15, 0.2) is 6.33 Å². The highest BCUT2D eigenvalue weighted by Crippen LogP contribution is 2.25. The quantitative estimate of drug-likeness (QED) is 0.747. The fourth-order valence-corrected chi connectivity index (χ4v) is 11.2. The van der Waals surface area contributed by atoms with Gasteiger partial charge in [0.25, 0.3) is 0 Å². The van der Waals surface area contributed by atoms with Crippen LogP contribution in [0.5, 0.6) is 0 Å². The molecular formula is C8H19N3OSi2. The zero-order valence-electron chi connectivity index (χ0n) is 9.83. The normalized spacial score (nSPS) is 13.0. The van der Waals surface area contributed by atoms with Gasteiger partial charge in [-0.1, -0.05) is 44.4 Å². The third-order valence-electron chi connectivity index (χ3n) is 1.88. The van der Waals surface area contributed by atoms with Crippen molar-refractivity contribution in [1.82, 2.24) is 10.1 Å². The molecule has 0 spiro atoms. The van der Waals surface area contributed by atoms with Gasteiger partial charge in [-0.25, -0.2) is 0 Å². The zero-order chi connectivity index (χ0) is 11.0. The molecule has 1 rings (SSSR count). The highest BCUT2D eigenvalue weighted by Gasteiger charge is 2.37. The molecule has 0 fully saturated rings. The number of hydrogen-bond donors (Lipinski definition) is 0. The van der Waals surface area contributed by atoms with Gasteiger partial charge in [0.05, 0.1) is 0 Å². The Balaban J connectivity index is 3.08. The highest BCUT2D eigenvalue weighted by molar-refractivity contribution is 6.99. The molecule has 0 N–H and O–H groups in total. The lowest BCUT2D eigenvalue weighted by Crippen LogP contribution is -2.59. The molecule has 1 aromatic heterocycles. The van der Waals surface area contributed by atoms with E-state index in [0.29, 0.717) is 6.01 Å². The summed E-state index contributed by atoms with van der Waals surface area (Å²) < 4.78 is 7.58. The molecule has 4 nitrogen and oxygen atoms in total. The maximum atomic E-state index is 5.18. The molecule has 0 saturated heterocycles.